The molecule has 0 spiro atoms. The Morgan fingerprint density at radius 1 is 1.00 bits per heavy atom. The Morgan fingerprint density at radius 3 is 2.39 bits per heavy atom. The first-order valence-corrected chi connectivity index (χ1v) is 10.6. The van der Waals surface area contributed by atoms with Gasteiger partial charge in [0.2, 0.25) is 5.88 Å². The minimum atomic E-state index is 0. The fourth-order valence-corrected chi connectivity index (χ4v) is 3.48. The molecule has 166 valence electrons. The van der Waals surface area contributed by atoms with E-state index in [-0.39, 0.29) is 24.0 Å². The van der Waals surface area contributed by atoms with Gasteiger partial charge in [0, 0.05) is 30.7 Å². The summed E-state index contributed by atoms with van der Waals surface area (Å²) in [4.78, 5) is 14.4. The second-order valence-corrected chi connectivity index (χ2v) is 7.83. The predicted octanol–water partition coefficient (Wildman–Crippen LogP) is 4.10. The van der Waals surface area contributed by atoms with Gasteiger partial charge < -0.3 is 20.1 Å². The molecule has 0 atom stereocenters. The number of hydrogen-bond acceptors (Lipinski definition) is 6. The van der Waals surface area contributed by atoms with E-state index in [0.29, 0.717) is 32.2 Å². The van der Waals surface area contributed by atoms with Crippen LogP contribution < -0.4 is 20.1 Å². The molecule has 0 amide bonds. The third-order valence-electron chi connectivity index (χ3n) is 4.31. The fourth-order valence-electron chi connectivity index (χ4n) is 2.60. The summed E-state index contributed by atoms with van der Waals surface area (Å²) in [5.74, 6) is 2.13. The van der Waals surface area contributed by atoms with Crippen LogP contribution in [0.25, 0.3) is 0 Å². The molecular formula is C22H28IN5O2S. The Hall–Kier alpha value is -2.40. The van der Waals surface area contributed by atoms with E-state index in [1.807, 2.05) is 49.4 Å². The normalized spacial score (nSPS) is 10.9. The van der Waals surface area contributed by atoms with Crippen LogP contribution in [-0.2, 0) is 13.1 Å². The summed E-state index contributed by atoms with van der Waals surface area (Å²) < 4.78 is 11.2. The van der Waals surface area contributed by atoms with E-state index in [2.05, 4.69) is 32.5 Å². The number of nitrogens with one attached hydrogen (secondary N) is 2. The lowest BCUT2D eigenvalue weighted by Crippen LogP contribution is -2.36. The van der Waals surface area contributed by atoms with Gasteiger partial charge in [0.25, 0.3) is 0 Å². The Bertz CT molecular complexity index is 929. The maximum atomic E-state index is 5.63. The SMILES string of the molecule is CN=C(NCc1ccc(OCCOc2ccccc2)nc1)NCc1nc(C)c(C)s1.I. The van der Waals surface area contributed by atoms with Gasteiger partial charge in [-0.2, -0.15) is 0 Å². The van der Waals surface area contributed by atoms with Crippen molar-refractivity contribution in [2.45, 2.75) is 26.9 Å². The number of halogens is 1. The van der Waals surface area contributed by atoms with Crippen LogP contribution in [0.15, 0.2) is 53.7 Å². The molecule has 3 rings (SSSR count). The van der Waals surface area contributed by atoms with Crippen molar-refractivity contribution < 1.29 is 9.47 Å². The lowest BCUT2D eigenvalue weighted by Gasteiger charge is -2.11. The summed E-state index contributed by atoms with van der Waals surface area (Å²) >= 11 is 1.70. The van der Waals surface area contributed by atoms with Crippen molar-refractivity contribution in [1.82, 2.24) is 20.6 Å². The number of para-hydroxylation sites is 1. The van der Waals surface area contributed by atoms with E-state index in [4.69, 9.17) is 9.47 Å². The first-order chi connectivity index (χ1) is 14.6. The number of thiazole rings is 1. The summed E-state index contributed by atoms with van der Waals surface area (Å²) in [7, 11) is 1.75. The molecule has 2 heterocycles. The lowest BCUT2D eigenvalue weighted by atomic mass is 10.3. The molecule has 31 heavy (non-hydrogen) atoms. The van der Waals surface area contributed by atoms with Gasteiger partial charge in [0.15, 0.2) is 5.96 Å². The zero-order chi connectivity index (χ0) is 21.2. The van der Waals surface area contributed by atoms with Gasteiger partial charge in [-0.25, -0.2) is 9.97 Å². The zero-order valence-electron chi connectivity index (χ0n) is 17.9. The Labute approximate surface area is 204 Å². The van der Waals surface area contributed by atoms with Crippen molar-refractivity contribution >= 4 is 41.3 Å². The third kappa shape index (κ3) is 8.33. The summed E-state index contributed by atoms with van der Waals surface area (Å²) in [5.41, 5.74) is 2.12. The van der Waals surface area contributed by atoms with Gasteiger partial charge >= 0.3 is 0 Å². The molecule has 7 nitrogen and oxygen atoms in total. The van der Waals surface area contributed by atoms with Crippen molar-refractivity contribution in [2.24, 2.45) is 4.99 Å². The van der Waals surface area contributed by atoms with Crippen LogP contribution in [0, 0.1) is 13.8 Å². The van der Waals surface area contributed by atoms with Crippen molar-refractivity contribution in [3.8, 4) is 11.6 Å². The number of aromatic nitrogens is 2. The van der Waals surface area contributed by atoms with Crippen molar-refractivity contribution in [3.63, 3.8) is 0 Å². The first-order valence-electron chi connectivity index (χ1n) is 9.77. The predicted molar refractivity (Wildman–Crippen MR) is 136 cm³/mol. The zero-order valence-corrected chi connectivity index (χ0v) is 21.1. The van der Waals surface area contributed by atoms with E-state index >= 15 is 0 Å². The van der Waals surface area contributed by atoms with Crippen molar-refractivity contribution in [2.75, 3.05) is 20.3 Å². The highest BCUT2D eigenvalue weighted by Crippen LogP contribution is 2.16. The van der Waals surface area contributed by atoms with E-state index in [1.165, 1.54) is 4.88 Å². The molecule has 2 N–H and O–H groups in total. The van der Waals surface area contributed by atoms with Crippen LogP contribution in [0.2, 0.25) is 0 Å². The van der Waals surface area contributed by atoms with E-state index in [1.54, 1.807) is 24.6 Å². The van der Waals surface area contributed by atoms with Crippen LogP contribution in [0.3, 0.4) is 0 Å². The quantitative estimate of drug-likeness (QED) is 0.180. The second kappa shape index (κ2) is 13.1. The molecule has 1 aromatic carbocycles. The monoisotopic (exact) mass is 553 g/mol. The van der Waals surface area contributed by atoms with E-state index < -0.39 is 0 Å². The number of pyridine rings is 1. The maximum Gasteiger partial charge on any atom is 0.213 e. The van der Waals surface area contributed by atoms with Crippen molar-refractivity contribution in [1.29, 1.82) is 0 Å². The molecule has 0 fully saturated rings. The number of aliphatic imine (C=N–C) groups is 1. The van der Waals surface area contributed by atoms with Crippen LogP contribution >= 0.6 is 35.3 Å². The number of aryl methyl sites for hydroxylation is 2. The van der Waals surface area contributed by atoms with Crippen molar-refractivity contribution in [3.05, 3.63) is 69.8 Å². The number of nitrogens with zero attached hydrogens (tertiary/aromatic N) is 3. The van der Waals surface area contributed by atoms with Crippen LogP contribution in [0.4, 0.5) is 0 Å². The van der Waals surface area contributed by atoms with Gasteiger partial charge in [0.1, 0.15) is 24.0 Å². The molecule has 0 radical (unpaired) electrons. The van der Waals surface area contributed by atoms with Crippen LogP contribution in [-0.4, -0.2) is 36.2 Å². The average Bonchev–Trinajstić information content (AvgIpc) is 3.10. The number of ether oxygens (including phenoxy) is 2. The molecular weight excluding hydrogens is 525 g/mol. The standard InChI is InChI=1S/C22H27N5O2S.HI/c1-16-17(2)30-21(27-16)15-26-22(23-3)25-14-18-9-10-20(24-13-18)29-12-11-28-19-7-5-4-6-8-19;/h4-10,13H,11-12,14-15H2,1-3H3,(H2,23,25,26);1H. The number of rotatable bonds is 9. The summed E-state index contributed by atoms with van der Waals surface area (Å²) in [6, 6.07) is 13.5. The number of guanidine groups is 1. The minimum absolute atomic E-state index is 0. The number of hydrogen-bond donors (Lipinski definition) is 2. The smallest absolute Gasteiger partial charge is 0.213 e. The molecule has 2 aromatic heterocycles. The summed E-state index contributed by atoms with van der Waals surface area (Å²) in [6.45, 7) is 6.27. The van der Waals surface area contributed by atoms with Gasteiger partial charge in [0.05, 0.1) is 12.2 Å². The molecule has 0 saturated heterocycles. The highest BCUT2D eigenvalue weighted by Gasteiger charge is 2.05. The molecule has 0 aliphatic rings. The molecule has 0 unspecified atom stereocenters. The van der Waals surface area contributed by atoms with E-state index in [0.717, 1.165) is 28.0 Å². The van der Waals surface area contributed by atoms with Gasteiger partial charge in [-0.1, -0.05) is 24.3 Å². The molecule has 0 aliphatic carbocycles. The molecule has 0 bridgehead atoms. The Kier molecular flexibility index (Phi) is 10.5. The van der Waals surface area contributed by atoms with Crippen LogP contribution in [0.5, 0.6) is 11.6 Å². The molecule has 0 aliphatic heterocycles. The Morgan fingerprint density at radius 2 is 1.74 bits per heavy atom. The molecule has 3 aromatic rings. The molecule has 9 heteroatoms. The Balaban J connectivity index is 0.00000341. The largest absolute Gasteiger partial charge is 0.490 e. The topological polar surface area (TPSA) is 80.7 Å². The van der Waals surface area contributed by atoms with Gasteiger partial charge in [-0.3, -0.25) is 4.99 Å². The van der Waals surface area contributed by atoms with Gasteiger partial charge in [-0.15, -0.1) is 35.3 Å². The highest BCUT2D eigenvalue weighted by atomic mass is 127. The minimum Gasteiger partial charge on any atom is -0.490 e. The van der Waals surface area contributed by atoms with Gasteiger partial charge in [-0.05, 0) is 31.5 Å². The average molecular weight is 553 g/mol. The maximum absolute atomic E-state index is 5.63. The van der Waals surface area contributed by atoms with Crippen LogP contribution in [0.1, 0.15) is 21.1 Å². The molecule has 0 saturated carbocycles. The summed E-state index contributed by atoms with van der Waals surface area (Å²) in [5, 5.41) is 7.61. The first kappa shape index (κ1) is 24.9. The van der Waals surface area contributed by atoms with E-state index in [9.17, 15) is 0 Å². The summed E-state index contributed by atoms with van der Waals surface area (Å²) in [6.07, 6.45) is 1.79. The number of benzene rings is 1. The lowest BCUT2D eigenvalue weighted by molar-refractivity contribution is 0.212. The third-order valence-corrected chi connectivity index (χ3v) is 5.38. The highest BCUT2D eigenvalue weighted by molar-refractivity contribution is 14.0. The fraction of sp³-hybridized carbons (Fsp3) is 0.318. The second-order valence-electron chi connectivity index (χ2n) is 6.54.